The van der Waals surface area contributed by atoms with E-state index in [1.54, 1.807) is 24.3 Å². The van der Waals surface area contributed by atoms with Crippen molar-refractivity contribution in [3.05, 3.63) is 70.7 Å². The van der Waals surface area contributed by atoms with Crippen molar-refractivity contribution in [2.45, 2.75) is 38.8 Å². The minimum Gasteiger partial charge on any atom is -0.454 e. The first-order valence-electron chi connectivity index (χ1n) is 9.42. The molecule has 2 amide bonds. The maximum absolute atomic E-state index is 12.2. The minimum atomic E-state index is -0.915. The van der Waals surface area contributed by atoms with Crippen LogP contribution >= 0.6 is 11.6 Å². The number of amides is 2. The highest BCUT2D eigenvalue weighted by Crippen LogP contribution is 2.14. The third-order valence-electron chi connectivity index (χ3n) is 4.28. The second-order valence-electron chi connectivity index (χ2n) is 6.78. The van der Waals surface area contributed by atoms with E-state index in [4.69, 9.17) is 16.3 Å². The predicted molar refractivity (Wildman–Crippen MR) is 112 cm³/mol. The van der Waals surface area contributed by atoms with E-state index in [1.165, 1.54) is 12.5 Å². The van der Waals surface area contributed by atoms with Crippen LogP contribution < -0.4 is 10.6 Å². The van der Waals surface area contributed by atoms with Gasteiger partial charge in [0.15, 0.2) is 6.61 Å². The van der Waals surface area contributed by atoms with Crippen LogP contribution in [0, 0.1) is 0 Å². The molecule has 2 atom stereocenters. The number of benzene rings is 2. The molecule has 0 aliphatic heterocycles. The topological polar surface area (TPSA) is 84.5 Å². The number of carbonyl (C=O) groups excluding carboxylic acids is 3. The van der Waals surface area contributed by atoms with Gasteiger partial charge in [-0.2, -0.15) is 0 Å². The van der Waals surface area contributed by atoms with Crippen molar-refractivity contribution in [1.29, 1.82) is 0 Å². The van der Waals surface area contributed by atoms with Crippen molar-refractivity contribution < 1.29 is 19.1 Å². The summed E-state index contributed by atoms with van der Waals surface area (Å²) in [5.74, 6) is -1.57. The predicted octanol–water partition coefficient (Wildman–Crippen LogP) is 3.14. The molecule has 0 aromatic heterocycles. The molecule has 7 heteroatoms. The van der Waals surface area contributed by atoms with E-state index >= 15 is 0 Å². The van der Waals surface area contributed by atoms with Crippen molar-refractivity contribution in [2.24, 2.45) is 0 Å². The summed E-state index contributed by atoms with van der Waals surface area (Å²) in [5.41, 5.74) is 1.46. The first-order chi connectivity index (χ1) is 13.9. The van der Waals surface area contributed by atoms with Gasteiger partial charge in [0.2, 0.25) is 0 Å². The number of rotatable bonds is 9. The maximum atomic E-state index is 12.2. The molecular formula is C22H25ClN2O4. The Bertz CT molecular complexity index is 842. The first kappa shape index (κ1) is 22.4. The molecule has 0 unspecified atom stereocenters. The monoisotopic (exact) mass is 416 g/mol. The molecule has 6 nitrogen and oxygen atoms in total. The van der Waals surface area contributed by atoms with Gasteiger partial charge in [-0.05, 0) is 44.4 Å². The molecule has 2 aromatic rings. The summed E-state index contributed by atoms with van der Waals surface area (Å²) in [6.07, 6.45) is 1.61. The van der Waals surface area contributed by atoms with Crippen LogP contribution in [-0.4, -0.2) is 36.5 Å². The zero-order valence-corrected chi connectivity index (χ0v) is 17.2. The summed E-state index contributed by atoms with van der Waals surface area (Å²) in [6.45, 7) is 2.98. The van der Waals surface area contributed by atoms with Gasteiger partial charge in [0.1, 0.15) is 6.04 Å². The molecule has 2 rings (SSSR count). The number of esters is 1. The lowest BCUT2D eigenvalue weighted by Crippen LogP contribution is -2.42. The van der Waals surface area contributed by atoms with Crippen molar-refractivity contribution >= 4 is 29.4 Å². The largest absolute Gasteiger partial charge is 0.454 e. The second kappa shape index (κ2) is 11.2. The van der Waals surface area contributed by atoms with E-state index < -0.39 is 24.5 Å². The van der Waals surface area contributed by atoms with Crippen LogP contribution in [0.3, 0.4) is 0 Å². The fourth-order valence-electron chi connectivity index (χ4n) is 2.66. The van der Waals surface area contributed by atoms with Gasteiger partial charge >= 0.3 is 5.97 Å². The van der Waals surface area contributed by atoms with Crippen molar-refractivity contribution in [2.75, 3.05) is 6.61 Å². The number of hydrogen-bond acceptors (Lipinski definition) is 4. The molecule has 29 heavy (non-hydrogen) atoms. The molecule has 0 fully saturated rings. The Labute approximate surface area is 175 Å². The molecule has 0 saturated heterocycles. The summed E-state index contributed by atoms with van der Waals surface area (Å²) >= 11 is 5.97. The highest BCUT2D eigenvalue weighted by atomic mass is 35.5. The molecule has 0 aliphatic rings. The van der Waals surface area contributed by atoms with Crippen molar-refractivity contribution in [3.63, 3.8) is 0 Å². The third kappa shape index (κ3) is 7.58. The van der Waals surface area contributed by atoms with Gasteiger partial charge < -0.3 is 15.4 Å². The zero-order chi connectivity index (χ0) is 21.2. The van der Waals surface area contributed by atoms with E-state index in [2.05, 4.69) is 10.6 Å². The highest BCUT2D eigenvalue weighted by molar-refractivity contribution is 6.33. The molecule has 2 aromatic carbocycles. The smallest absolute Gasteiger partial charge is 0.328 e. The van der Waals surface area contributed by atoms with Crippen LogP contribution in [0.2, 0.25) is 5.02 Å². The van der Waals surface area contributed by atoms with Crippen LogP contribution in [-0.2, 0) is 20.7 Å². The number of halogens is 1. The lowest BCUT2D eigenvalue weighted by atomic mass is 10.1. The van der Waals surface area contributed by atoms with E-state index in [9.17, 15) is 14.4 Å². The maximum Gasteiger partial charge on any atom is 0.328 e. The average molecular weight is 417 g/mol. The molecule has 0 saturated carbocycles. The van der Waals surface area contributed by atoms with Crippen LogP contribution in [0.4, 0.5) is 0 Å². The molecule has 154 valence electrons. The summed E-state index contributed by atoms with van der Waals surface area (Å²) in [4.78, 5) is 36.2. The Balaban J connectivity index is 1.71. The van der Waals surface area contributed by atoms with Gasteiger partial charge in [-0.3, -0.25) is 9.59 Å². The fraction of sp³-hybridized carbons (Fsp3) is 0.318. The highest BCUT2D eigenvalue weighted by Gasteiger charge is 2.20. The Morgan fingerprint density at radius 3 is 2.31 bits per heavy atom. The molecule has 0 spiro atoms. The fourth-order valence-corrected chi connectivity index (χ4v) is 2.88. The summed E-state index contributed by atoms with van der Waals surface area (Å²) in [6, 6.07) is 15.5. The van der Waals surface area contributed by atoms with Crippen LogP contribution in [0.25, 0.3) is 0 Å². The van der Waals surface area contributed by atoms with E-state index in [0.29, 0.717) is 0 Å². The van der Waals surface area contributed by atoms with Gasteiger partial charge in [-0.1, -0.05) is 54.1 Å². The summed E-state index contributed by atoms with van der Waals surface area (Å²) in [7, 11) is 0. The minimum absolute atomic E-state index is 0.0567. The van der Waals surface area contributed by atoms with Gasteiger partial charge in [-0.15, -0.1) is 0 Å². The SMILES string of the molecule is C[C@H](CCc1ccccc1)NC(=O)COC(=O)[C@H](C)NC(=O)c1ccccc1Cl. The zero-order valence-electron chi connectivity index (χ0n) is 16.5. The first-order valence-corrected chi connectivity index (χ1v) is 9.80. The molecule has 0 aliphatic carbocycles. The number of carbonyl (C=O) groups is 3. The number of aryl methyl sites for hydroxylation is 1. The van der Waals surface area contributed by atoms with Gasteiger partial charge in [-0.25, -0.2) is 4.79 Å². The Kier molecular flexibility index (Phi) is 8.68. The van der Waals surface area contributed by atoms with Crippen LogP contribution in [0.15, 0.2) is 54.6 Å². The Morgan fingerprint density at radius 1 is 0.966 bits per heavy atom. The van der Waals surface area contributed by atoms with Crippen LogP contribution in [0.1, 0.15) is 36.2 Å². The number of ether oxygens (including phenoxy) is 1. The molecule has 2 N–H and O–H groups in total. The molecule has 0 bridgehead atoms. The normalized spacial score (nSPS) is 12.5. The van der Waals surface area contributed by atoms with Gasteiger partial charge in [0.25, 0.3) is 11.8 Å². The van der Waals surface area contributed by atoms with E-state index in [-0.39, 0.29) is 22.5 Å². The summed E-state index contributed by atoms with van der Waals surface area (Å²) in [5, 5.41) is 5.59. The van der Waals surface area contributed by atoms with E-state index in [1.807, 2.05) is 37.3 Å². The quantitative estimate of drug-likeness (QED) is 0.615. The standard InChI is InChI=1S/C22H25ClN2O4/c1-15(12-13-17-8-4-3-5-9-17)24-20(26)14-29-22(28)16(2)25-21(27)18-10-6-7-11-19(18)23/h3-11,15-16H,12-14H2,1-2H3,(H,24,26)(H,25,27)/t15-,16+/m1/s1. The second-order valence-corrected chi connectivity index (χ2v) is 7.18. The average Bonchev–Trinajstić information content (AvgIpc) is 2.71. The molecule has 0 heterocycles. The van der Waals surface area contributed by atoms with Crippen molar-refractivity contribution in [1.82, 2.24) is 10.6 Å². The van der Waals surface area contributed by atoms with Crippen molar-refractivity contribution in [3.8, 4) is 0 Å². The number of nitrogens with one attached hydrogen (secondary N) is 2. The van der Waals surface area contributed by atoms with Crippen LogP contribution in [0.5, 0.6) is 0 Å². The summed E-state index contributed by atoms with van der Waals surface area (Å²) < 4.78 is 5.00. The van der Waals surface area contributed by atoms with Gasteiger partial charge in [0.05, 0.1) is 10.6 Å². The van der Waals surface area contributed by atoms with Gasteiger partial charge in [0, 0.05) is 6.04 Å². The van der Waals surface area contributed by atoms with E-state index in [0.717, 1.165) is 12.8 Å². The Hall–Kier alpha value is -2.86. The lowest BCUT2D eigenvalue weighted by molar-refractivity contribution is -0.150. The molecule has 0 radical (unpaired) electrons. The number of hydrogen-bond donors (Lipinski definition) is 2. The molecular weight excluding hydrogens is 392 g/mol. The lowest BCUT2D eigenvalue weighted by Gasteiger charge is -2.16. The Morgan fingerprint density at radius 2 is 1.62 bits per heavy atom. The third-order valence-corrected chi connectivity index (χ3v) is 4.61.